The molecule has 1 heterocycles. The first-order valence-electron chi connectivity index (χ1n) is 9.62. The van der Waals surface area contributed by atoms with Crippen LogP contribution in [-0.2, 0) is 25.7 Å². The minimum atomic E-state index is -4.65. The van der Waals surface area contributed by atoms with Gasteiger partial charge < -0.3 is 4.74 Å². The molecule has 10 heteroatoms. The number of hydrogen-bond acceptors (Lipinski definition) is 4. The van der Waals surface area contributed by atoms with Gasteiger partial charge in [0.05, 0.1) is 16.4 Å². The smallest absolute Gasteiger partial charge is 0.416 e. The summed E-state index contributed by atoms with van der Waals surface area (Å²) >= 11 is 0. The van der Waals surface area contributed by atoms with E-state index in [-0.39, 0.29) is 25.9 Å². The number of rotatable bonds is 5. The largest absolute Gasteiger partial charge is 0.458 e. The maximum Gasteiger partial charge on any atom is 0.416 e. The second-order valence-corrected chi connectivity index (χ2v) is 9.27. The van der Waals surface area contributed by atoms with Crippen LogP contribution in [0.15, 0.2) is 53.4 Å². The fraction of sp³-hybridized carbons (Fsp3) is 0.381. The molecule has 1 aliphatic rings. The van der Waals surface area contributed by atoms with E-state index in [1.165, 1.54) is 24.3 Å². The van der Waals surface area contributed by atoms with Gasteiger partial charge in [-0.2, -0.15) is 17.5 Å². The summed E-state index contributed by atoms with van der Waals surface area (Å²) in [5.74, 6) is -1.43. The molecule has 3 rings (SSSR count). The van der Waals surface area contributed by atoms with E-state index in [2.05, 4.69) is 0 Å². The minimum Gasteiger partial charge on any atom is -0.458 e. The van der Waals surface area contributed by atoms with E-state index in [0.29, 0.717) is 11.6 Å². The van der Waals surface area contributed by atoms with Crippen molar-refractivity contribution in [2.24, 2.45) is 5.92 Å². The Morgan fingerprint density at radius 2 is 1.71 bits per heavy atom. The summed E-state index contributed by atoms with van der Waals surface area (Å²) in [5, 5.41) is 0. The quantitative estimate of drug-likeness (QED) is 0.486. The number of carbonyl (C=O) groups is 1. The number of alkyl halides is 3. The van der Waals surface area contributed by atoms with Crippen LogP contribution in [0.5, 0.6) is 0 Å². The lowest BCUT2D eigenvalue weighted by Gasteiger charge is -2.30. The van der Waals surface area contributed by atoms with E-state index in [0.717, 1.165) is 22.5 Å². The highest BCUT2D eigenvalue weighted by Crippen LogP contribution is 2.32. The zero-order chi connectivity index (χ0) is 22.8. The van der Waals surface area contributed by atoms with Crippen molar-refractivity contribution in [1.29, 1.82) is 0 Å². The third-order valence-electron chi connectivity index (χ3n) is 5.22. The van der Waals surface area contributed by atoms with Crippen molar-refractivity contribution in [2.75, 3.05) is 13.1 Å². The van der Waals surface area contributed by atoms with Gasteiger partial charge in [-0.25, -0.2) is 12.8 Å². The molecule has 1 atom stereocenters. The molecular formula is C21H21F4NO4S. The monoisotopic (exact) mass is 459 g/mol. The summed E-state index contributed by atoms with van der Waals surface area (Å²) in [7, 11) is -4.12. The standard InChI is InChI=1S/C21H21F4NO4S/c1-14(15-5-7-18(22)8-6-15)30-20(27)16-9-11-26(12-10-16)31(28,29)19-4-2-3-17(13-19)21(23,24)25/h2-8,13-14,16H,9-12H2,1H3. The predicted octanol–water partition coefficient (Wildman–Crippen LogP) is 4.55. The van der Waals surface area contributed by atoms with Crippen molar-refractivity contribution in [3.05, 3.63) is 65.5 Å². The third-order valence-corrected chi connectivity index (χ3v) is 7.11. The van der Waals surface area contributed by atoms with Gasteiger partial charge in [0, 0.05) is 13.1 Å². The highest BCUT2D eigenvalue weighted by Gasteiger charge is 2.35. The van der Waals surface area contributed by atoms with E-state index >= 15 is 0 Å². The van der Waals surface area contributed by atoms with E-state index < -0.39 is 50.5 Å². The first kappa shape index (κ1) is 23.2. The van der Waals surface area contributed by atoms with E-state index in [1.54, 1.807) is 6.92 Å². The van der Waals surface area contributed by atoms with Crippen LogP contribution in [0.3, 0.4) is 0 Å². The number of carbonyl (C=O) groups excluding carboxylic acids is 1. The third kappa shape index (κ3) is 5.43. The first-order chi connectivity index (χ1) is 14.5. The lowest BCUT2D eigenvalue weighted by molar-refractivity contribution is -0.155. The number of nitrogens with zero attached hydrogens (tertiary/aromatic N) is 1. The van der Waals surface area contributed by atoms with Crippen LogP contribution >= 0.6 is 0 Å². The molecule has 0 amide bonds. The van der Waals surface area contributed by atoms with Crippen molar-refractivity contribution in [3.63, 3.8) is 0 Å². The van der Waals surface area contributed by atoms with Gasteiger partial charge in [0.2, 0.25) is 10.0 Å². The second kappa shape index (κ2) is 8.96. The van der Waals surface area contributed by atoms with Gasteiger partial charge in [-0.3, -0.25) is 4.79 Å². The summed E-state index contributed by atoms with van der Waals surface area (Å²) in [5.41, 5.74) is -0.416. The van der Waals surface area contributed by atoms with Crippen molar-refractivity contribution in [3.8, 4) is 0 Å². The molecule has 0 N–H and O–H groups in total. The molecule has 2 aromatic rings. The van der Waals surface area contributed by atoms with Gasteiger partial charge in [0.1, 0.15) is 11.9 Å². The van der Waals surface area contributed by atoms with Gasteiger partial charge in [-0.1, -0.05) is 18.2 Å². The number of esters is 1. The van der Waals surface area contributed by atoms with Crippen molar-refractivity contribution in [1.82, 2.24) is 4.31 Å². The predicted molar refractivity (Wildman–Crippen MR) is 104 cm³/mol. The maximum atomic E-state index is 13.0. The van der Waals surface area contributed by atoms with Gasteiger partial charge >= 0.3 is 12.1 Å². The highest BCUT2D eigenvalue weighted by atomic mass is 32.2. The fourth-order valence-electron chi connectivity index (χ4n) is 3.39. The number of halogens is 4. The summed E-state index contributed by atoms with van der Waals surface area (Å²) in [4.78, 5) is 12.0. The van der Waals surface area contributed by atoms with Gasteiger partial charge in [0.25, 0.3) is 0 Å². The molecule has 0 spiro atoms. The Balaban J connectivity index is 1.62. The topological polar surface area (TPSA) is 63.7 Å². The molecular weight excluding hydrogens is 438 g/mol. The number of hydrogen-bond donors (Lipinski definition) is 0. The van der Waals surface area contributed by atoms with Gasteiger partial charge in [-0.05, 0) is 55.7 Å². The molecule has 0 aromatic heterocycles. The molecule has 0 aliphatic carbocycles. The number of ether oxygens (including phenoxy) is 1. The summed E-state index contributed by atoms with van der Waals surface area (Å²) in [6, 6.07) is 9.14. The molecule has 168 valence electrons. The average Bonchev–Trinajstić information content (AvgIpc) is 2.73. The SMILES string of the molecule is CC(OC(=O)C1CCN(S(=O)(=O)c2cccc(C(F)(F)F)c2)CC1)c1ccc(F)cc1. The Morgan fingerprint density at radius 1 is 1.10 bits per heavy atom. The lowest BCUT2D eigenvalue weighted by atomic mass is 9.98. The highest BCUT2D eigenvalue weighted by molar-refractivity contribution is 7.89. The van der Waals surface area contributed by atoms with Crippen LogP contribution in [0.2, 0.25) is 0 Å². The number of sulfonamides is 1. The fourth-order valence-corrected chi connectivity index (χ4v) is 4.90. The molecule has 2 aromatic carbocycles. The summed E-state index contributed by atoms with van der Waals surface area (Å²) in [6.07, 6.45) is -4.87. The van der Waals surface area contributed by atoms with Crippen molar-refractivity contribution < 1.29 is 35.5 Å². The number of piperidine rings is 1. The van der Waals surface area contributed by atoms with Crippen LogP contribution in [0.25, 0.3) is 0 Å². The molecule has 1 unspecified atom stereocenters. The molecule has 0 bridgehead atoms. The molecule has 5 nitrogen and oxygen atoms in total. The van der Waals surface area contributed by atoms with E-state index in [1.807, 2.05) is 0 Å². The maximum absolute atomic E-state index is 13.0. The molecule has 1 saturated heterocycles. The molecule has 1 aliphatic heterocycles. The number of benzene rings is 2. The van der Waals surface area contributed by atoms with Gasteiger partial charge in [0.15, 0.2) is 0 Å². The molecule has 1 fully saturated rings. The Morgan fingerprint density at radius 3 is 2.29 bits per heavy atom. The van der Waals surface area contributed by atoms with Crippen LogP contribution in [-0.4, -0.2) is 31.8 Å². The zero-order valence-corrected chi connectivity index (χ0v) is 17.4. The normalized spacial score (nSPS) is 17.3. The van der Waals surface area contributed by atoms with Crippen LogP contribution < -0.4 is 0 Å². The molecule has 31 heavy (non-hydrogen) atoms. The zero-order valence-electron chi connectivity index (χ0n) is 16.6. The molecule has 0 radical (unpaired) electrons. The Labute approximate surface area is 177 Å². The average molecular weight is 459 g/mol. The summed E-state index contributed by atoms with van der Waals surface area (Å²) in [6.45, 7) is 1.63. The van der Waals surface area contributed by atoms with Crippen LogP contribution in [0.1, 0.15) is 37.0 Å². The Hall–Kier alpha value is -2.46. The minimum absolute atomic E-state index is 0.0106. The lowest BCUT2D eigenvalue weighted by Crippen LogP contribution is -2.40. The van der Waals surface area contributed by atoms with E-state index in [4.69, 9.17) is 4.74 Å². The Bertz CT molecular complexity index is 1030. The summed E-state index contributed by atoms with van der Waals surface area (Å²) < 4.78 is 83.7. The Kier molecular flexibility index (Phi) is 6.70. The molecule has 0 saturated carbocycles. The van der Waals surface area contributed by atoms with Crippen molar-refractivity contribution in [2.45, 2.75) is 36.9 Å². The first-order valence-corrected chi connectivity index (χ1v) is 11.1. The van der Waals surface area contributed by atoms with Crippen LogP contribution in [0.4, 0.5) is 17.6 Å². The van der Waals surface area contributed by atoms with Crippen molar-refractivity contribution >= 4 is 16.0 Å². The van der Waals surface area contributed by atoms with E-state index in [9.17, 15) is 30.8 Å². The van der Waals surface area contributed by atoms with Crippen LogP contribution in [0, 0.1) is 11.7 Å². The second-order valence-electron chi connectivity index (χ2n) is 7.33. The van der Waals surface area contributed by atoms with Gasteiger partial charge in [-0.15, -0.1) is 0 Å².